The molecule has 1 fully saturated rings. The standard InChI is InChI=1S/C23H32O3/c1-11(2)22(23(25)26)20-9-18(14(5)12(3)16(20)7)19-10-21(24)17(8)13(4)15(19)6/h9,12-16H,8,10H2,1-7H3,(H,25,26). The summed E-state index contributed by atoms with van der Waals surface area (Å²) in [7, 11) is 0. The average Bonchev–Trinajstić information content (AvgIpc) is 2.56. The third kappa shape index (κ3) is 3.36. The van der Waals surface area contributed by atoms with Crippen LogP contribution >= 0.6 is 0 Å². The Labute approximate surface area is 157 Å². The maximum absolute atomic E-state index is 12.4. The van der Waals surface area contributed by atoms with Crippen LogP contribution in [0.15, 0.2) is 46.1 Å². The lowest BCUT2D eigenvalue weighted by Gasteiger charge is -2.39. The van der Waals surface area contributed by atoms with E-state index in [1.165, 1.54) is 0 Å². The summed E-state index contributed by atoms with van der Waals surface area (Å²) in [5.74, 6) is 0.391. The predicted molar refractivity (Wildman–Crippen MR) is 106 cm³/mol. The second-order valence-corrected chi connectivity index (χ2v) is 8.40. The van der Waals surface area contributed by atoms with Crippen LogP contribution in [-0.2, 0) is 9.59 Å². The van der Waals surface area contributed by atoms with Gasteiger partial charge in [0, 0.05) is 6.42 Å². The molecule has 26 heavy (non-hydrogen) atoms. The molecule has 0 aliphatic heterocycles. The monoisotopic (exact) mass is 356 g/mol. The number of carboxylic acids is 1. The minimum Gasteiger partial charge on any atom is -0.478 e. The normalized spacial score (nSPS) is 35.2. The Morgan fingerprint density at radius 1 is 1.04 bits per heavy atom. The van der Waals surface area contributed by atoms with Crippen molar-refractivity contribution in [2.24, 2.45) is 29.6 Å². The lowest BCUT2D eigenvalue weighted by molar-refractivity contribution is -0.132. The summed E-state index contributed by atoms with van der Waals surface area (Å²) in [6.45, 7) is 18.4. The number of aliphatic carboxylic acids is 1. The number of carbonyl (C=O) groups excluding carboxylic acids is 1. The largest absolute Gasteiger partial charge is 0.478 e. The third-order valence-electron chi connectivity index (χ3n) is 6.80. The van der Waals surface area contributed by atoms with Crippen LogP contribution in [0, 0.1) is 29.6 Å². The quantitative estimate of drug-likeness (QED) is 0.678. The van der Waals surface area contributed by atoms with Gasteiger partial charge in [0.2, 0.25) is 0 Å². The van der Waals surface area contributed by atoms with Gasteiger partial charge in [-0.1, -0.05) is 58.4 Å². The molecule has 0 heterocycles. The van der Waals surface area contributed by atoms with Gasteiger partial charge in [0.15, 0.2) is 5.78 Å². The topological polar surface area (TPSA) is 54.4 Å². The number of carboxylic acid groups (broad SMARTS) is 1. The fourth-order valence-corrected chi connectivity index (χ4v) is 4.41. The van der Waals surface area contributed by atoms with Gasteiger partial charge in [0.25, 0.3) is 0 Å². The van der Waals surface area contributed by atoms with Gasteiger partial charge in [0.05, 0.1) is 5.57 Å². The molecule has 0 saturated heterocycles. The highest BCUT2D eigenvalue weighted by Gasteiger charge is 2.38. The predicted octanol–water partition coefficient (Wildman–Crippen LogP) is 5.35. The fourth-order valence-electron chi connectivity index (χ4n) is 4.41. The van der Waals surface area contributed by atoms with Crippen molar-refractivity contribution >= 4 is 11.8 Å². The summed E-state index contributed by atoms with van der Waals surface area (Å²) in [5, 5.41) is 9.75. The average molecular weight is 357 g/mol. The second-order valence-electron chi connectivity index (χ2n) is 8.40. The highest BCUT2D eigenvalue weighted by Crippen LogP contribution is 2.46. The fraction of sp³-hybridized carbons (Fsp3) is 0.565. The minimum atomic E-state index is -0.872. The van der Waals surface area contributed by atoms with E-state index in [1.807, 2.05) is 13.8 Å². The van der Waals surface area contributed by atoms with Crippen molar-refractivity contribution in [1.82, 2.24) is 0 Å². The summed E-state index contributed by atoms with van der Waals surface area (Å²) >= 11 is 0. The number of carbonyl (C=O) groups is 2. The van der Waals surface area contributed by atoms with E-state index >= 15 is 0 Å². The molecule has 142 valence electrons. The van der Waals surface area contributed by atoms with Crippen molar-refractivity contribution in [3.05, 3.63) is 46.1 Å². The van der Waals surface area contributed by atoms with Crippen molar-refractivity contribution in [2.75, 3.05) is 0 Å². The molecule has 1 saturated carbocycles. The number of hydrogen-bond donors (Lipinski definition) is 1. The summed E-state index contributed by atoms with van der Waals surface area (Å²) < 4.78 is 0. The minimum absolute atomic E-state index is 0.118. The second kappa shape index (κ2) is 7.38. The molecule has 0 radical (unpaired) electrons. The smallest absolute Gasteiger partial charge is 0.335 e. The van der Waals surface area contributed by atoms with Crippen LogP contribution in [0.4, 0.5) is 0 Å². The zero-order valence-corrected chi connectivity index (χ0v) is 17.1. The van der Waals surface area contributed by atoms with Crippen molar-refractivity contribution in [1.29, 1.82) is 0 Å². The lowest BCUT2D eigenvalue weighted by atomic mass is 9.65. The van der Waals surface area contributed by atoms with E-state index in [0.29, 0.717) is 29.4 Å². The number of allylic oxidation sites excluding steroid dienone is 5. The molecule has 3 heteroatoms. The van der Waals surface area contributed by atoms with Crippen LogP contribution in [0.5, 0.6) is 0 Å². The van der Waals surface area contributed by atoms with Gasteiger partial charge >= 0.3 is 5.97 Å². The highest BCUT2D eigenvalue weighted by molar-refractivity contribution is 5.98. The molecular formula is C23H32O3. The zero-order valence-electron chi connectivity index (χ0n) is 17.1. The summed E-state index contributed by atoms with van der Waals surface area (Å²) in [4.78, 5) is 24.3. The molecule has 2 aliphatic rings. The van der Waals surface area contributed by atoms with Gasteiger partial charge < -0.3 is 5.11 Å². The number of hydrogen-bond acceptors (Lipinski definition) is 2. The summed E-state index contributed by atoms with van der Waals surface area (Å²) in [5.41, 5.74) is 5.16. The third-order valence-corrected chi connectivity index (χ3v) is 6.80. The van der Waals surface area contributed by atoms with E-state index < -0.39 is 5.97 Å². The molecule has 0 spiro atoms. The number of rotatable bonds is 2. The molecule has 5 atom stereocenters. The first-order valence-electron chi connectivity index (χ1n) is 9.56. The van der Waals surface area contributed by atoms with Crippen LogP contribution in [0.25, 0.3) is 0 Å². The van der Waals surface area contributed by atoms with Crippen LogP contribution in [0.1, 0.15) is 54.9 Å². The van der Waals surface area contributed by atoms with E-state index in [2.05, 4.69) is 47.3 Å². The Bertz CT molecular complexity index is 743. The van der Waals surface area contributed by atoms with Crippen LogP contribution in [0.2, 0.25) is 0 Å². The van der Waals surface area contributed by atoms with Crippen molar-refractivity contribution < 1.29 is 14.7 Å². The SMILES string of the molecule is C=C1C(=O)CC(=C2C=C(C(C(=O)O)=C(C)C)C(C)C(C)C2C)C(C)C1C. The molecule has 3 nitrogen and oxygen atoms in total. The Hall–Kier alpha value is -1.90. The first-order chi connectivity index (χ1) is 12.0. The van der Waals surface area contributed by atoms with E-state index in [1.54, 1.807) is 0 Å². The van der Waals surface area contributed by atoms with Gasteiger partial charge in [-0.2, -0.15) is 0 Å². The Morgan fingerprint density at radius 2 is 1.62 bits per heavy atom. The number of ketones is 1. The molecule has 5 unspecified atom stereocenters. The summed E-state index contributed by atoms with van der Waals surface area (Å²) in [6.07, 6.45) is 2.48. The zero-order chi connectivity index (χ0) is 19.9. The van der Waals surface area contributed by atoms with Crippen molar-refractivity contribution in [2.45, 2.75) is 54.9 Å². The van der Waals surface area contributed by atoms with Crippen molar-refractivity contribution in [3.63, 3.8) is 0 Å². The molecule has 0 aromatic heterocycles. The van der Waals surface area contributed by atoms with Gasteiger partial charge in [-0.25, -0.2) is 4.79 Å². The molecular weight excluding hydrogens is 324 g/mol. The molecule has 2 aliphatic carbocycles. The molecule has 2 rings (SSSR count). The van der Waals surface area contributed by atoms with Gasteiger partial charge in [-0.15, -0.1) is 0 Å². The van der Waals surface area contributed by atoms with Crippen LogP contribution in [0.3, 0.4) is 0 Å². The van der Waals surface area contributed by atoms with Gasteiger partial charge in [0.1, 0.15) is 0 Å². The van der Waals surface area contributed by atoms with E-state index in [0.717, 1.165) is 22.3 Å². The maximum Gasteiger partial charge on any atom is 0.335 e. The summed E-state index contributed by atoms with van der Waals surface area (Å²) in [6, 6.07) is 0. The van der Waals surface area contributed by atoms with Gasteiger partial charge in [-0.05, 0) is 60.2 Å². The Kier molecular flexibility index (Phi) is 5.79. The highest BCUT2D eigenvalue weighted by atomic mass is 16.4. The first kappa shape index (κ1) is 20.4. The van der Waals surface area contributed by atoms with Gasteiger partial charge in [-0.3, -0.25) is 4.79 Å². The van der Waals surface area contributed by atoms with E-state index in [-0.39, 0.29) is 23.5 Å². The lowest BCUT2D eigenvalue weighted by Crippen LogP contribution is -2.32. The Morgan fingerprint density at radius 3 is 2.12 bits per heavy atom. The molecule has 0 aromatic rings. The maximum atomic E-state index is 12.4. The van der Waals surface area contributed by atoms with E-state index in [9.17, 15) is 14.7 Å². The molecule has 0 amide bonds. The molecule has 1 N–H and O–H groups in total. The van der Waals surface area contributed by atoms with Crippen molar-refractivity contribution in [3.8, 4) is 0 Å². The van der Waals surface area contributed by atoms with E-state index in [4.69, 9.17) is 0 Å². The molecule has 0 bridgehead atoms. The Balaban J connectivity index is 2.70. The first-order valence-corrected chi connectivity index (χ1v) is 9.56. The number of Topliss-reactive ketones (excluding diaryl/α,β-unsaturated/α-hetero) is 1. The molecule has 0 aromatic carbocycles. The van der Waals surface area contributed by atoms with Crippen LogP contribution in [-0.4, -0.2) is 16.9 Å². The van der Waals surface area contributed by atoms with Crippen LogP contribution < -0.4 is 0 Å².